The lowest BCUT2D eigenvalue weighted by molar-refractivity contribution is 0.0931. The molecule has 0 unspecified atom stereocenters. The number of fused-ring (bicyclic) bond motifs is 3. The van der Waals surface area contributed by atoms with Gasteiger partial charge in [-0.1, -0.05) is 0 Å². The molecule has 2 aliphatic heterocycles. The van der Waals surface area contributed by atoms with Crippen LogP contribution in [0.2, 0.25) is 0 Å². The Labute approximate surface area is 132 Å². The zero-order valence-corrected chi connectivity index (χ0v) is 13.5. The van der Waals surface area contributed by atoms with E-state index in [1.807, 2.05) is 12.1 Å². The number of rotatable bonds is 3. The maximum absolute atomic E-state index is 12.6. The summed E-state index contributed by atoms with van der Waals surface area (Å²) in [5.41, 5.74) is 0.789. The third kappa shape index (κ3) is 2.37. The number of nitrogens with one attached hydrogen (secondary N) is 2. The number of amides is 1. The zero-order chi connectivity index (χ0) is 14.4. The molecule has 0 spiro atoms. The van der Waals surface area contributed by atoms with Gasteiger partial charge in [-0.2, -0.15) is 0 Å². The van der Waals surface area contributed by atoms with E-state index in [9.17, 15) is 4.79 Å². The fourth-order valence-electron chi connectivity index (χ4n) is 3.57. The average Bonchev–Trinajstić information content (AvgIpc) is 3.21. The van der Waals surface area contributed by atoms with Gasteiger partial charge in [0, 0.05) is 38.7 Å². The summed E-state index contributed by atoms with van der Waals surface area (Å²) in [6.45, 7) is 0. The first kappa shape index (κ1) is 13.6. The Balaban J connectivity index is 1.59. The number of thioether (sulfide) groups is 1. The number of carbonyl (C=O) groups is 1. The molecule has 1 aromatic carbocycles. The predicted molar refractivity (Wildman–Crippen MR) is 89.4 cm³/mol. The van der Waals surface area contributed by atoms with Gasteiger partial charge < -0.3 is 10.6 Å². The predicted octanol–water partition coefficient (Wildman–Crippen LogP) is 3.25. The fraction of sp³-hybridized carbons (Fsp3) is 0.438. The molecule has 2 N–H and O–H groups in total. The summed E-state index contributed by atoms with van der Waals surface area (Å²) in [4.78, 5) is 13.8. The van der Waals surface area contributed by atoms with Crippen molar-refractivity contribution in [3.05, 3.63) is 29.1 Å². The second-order valence-electron chi connectivity index (χ2n) is 5.87. The third-order valence-electron chi connectivity index (χ3n) is 4.63. The van der Waals surface area contributed by atoms with Crippen LogP contribution in [-0.4, -0.2) is 30.3 Å². The van der Waals surface area contributed by atoms with Crippen LogP contribution in [0.15, 0.2) is 28.5 Å². The van der Waals surface area contributed by atoms with Crippen LogP contribution in [0.5, 0.6) is 0 Å². The molecular formula is C16H18N2OS2. The molecule has 21 heavy (non-hydrogen) atoms. The second kappa shape index (κ2) is 5.30. The second-order valence-corrected chi connectivity index (χ2v) is 7.67. The van der Waals surface area contributed by atoms with Crippen LogP contribution < -0.4 is 10.6 Å². The normalized spacial score (nSPS) is 27.4. The van der Waals surface area contributed by atoms with Gasteiger partial charge in [0.05, 0.1) is 0 Å². The smallest absolute Gasteiger partial charge is 0.251 e. The van der Waals surface area contributed by atoms with E-state index in [2.05, 4.69) is 28.3 Å². The molecule has 2 fully saturated rings. The molecule has 2 saturated heterocycles. The summed E-state index contributed by atoms with van der Waals surface area (Å²) in [5, 5.41) is 10.1. The Bertz CT molecular complexity index is 697. The van der Waals surface area contributed by atoms with Crippen molar-refractivity contribution in [2.45, 2.75) is 42.3 Å². The molecule has 1 amide bonds. The molecule has 0 aliphatic carbocycles. The van der Waals surface area contributed by atoms with E-state index in [4.69, 9.17) is 0 Å². The van der Waals surface area contributed by atoms with Gasteiger partial charge in [0.25, 0.3) is 5.91 Å². The minimum absolute atomic E-state index is 0.0694. The van der Waals surface area contributed by atoms with Crippen LogP contribution in [0.4, 0.5) is 0 Å². The van der Waals surface area contributed by atoms with Crippen molar-refractivity contribution in [2.75, 3.05) is 6.26 Å². The van der Waals surface area contributed by atoms with E-state index < -0.39 is 0 Å². The number of carbonyl (C=O) groups excluding carboxylic acids is 1. The molecule has 3 nitrogen and oxygen atoms in total. The highest BCUT2D eigenvalue weighted by Crippen LogP contribution is 2.32. The van der Waals surface area contributed by atoms with Crippen molar-refractivity contribution in [1.82, 2.24) is 10.6 Å². The van der Waals surface area contributed by atoms with Crippen molar-refractivity contribution < 1.29 is 4.79 Å². The van der Waals surface area contributed by atoms with Gasteiger partial charge >= 0.3 is 0 Å². The van der Waals surface area contributed by atoms with Gasteiger partial charge in [0.2, 0.25) is 0 Å². The molecule has 0 saturated carbocycles. The van der Waals surface area contributed by atoms with E-state index in [1.165, 1.54) is 27.8 Å². The largest absolute Gasteiger partial charge is 0.348 e. The van der Waals surface area contributed by atoms with Gasteiger partial charge in [-0.15, -0.1) is 23.1 Å². The Morgan fingerprint density at radius 1 is 1.43 bits per heavy atom. The Morgan fingerprint density at radius 3 is 3.05 bits per heavy atom. The van der Waals surface area contributed by atoms with Gasteiger partial charge in [0.1, 0.15) is 0 Å². The Kier molecular flexibility index (Phi) is 3.44. The molecular weight excluding hydrogens is 300 g/mol. The van der Waals surface area contributed by atoms with Crippen molar-refractivity contribution in [2.24, 2.45) is 0 Å². The fourth-order valence-corrected chi connectivity index (χ4v) is 5.13. The third-order valence-corrected chi connectivity index (χ3v) is 6.27. The van der Waals surface area contributed by atoms with Gasteiger partial charge in [-0.3, -0.25) is 4.79 Å². The molecule has 0 radical (unpaired) electrons. The highest BCUT2D eigenvalue weighted by Gasteiger charge is 2.39. The minimum atomic E-state index is 0.0694. The lowest BCUT2D eigenvalue weighted by Gasteiger charge is -2.21. The van der Waals surface area contributed by atoms with E-state index in [0.29, 0.717) is 18.1 Å². The van der Waals surface area contributed by atoms with Crippen LogP contribution in [0.3, 0.4) is 0 Å². The summed E-state index contributed by atoms with van der Waals surface area (Å²) < 4.78 is 1.19. The number of benzene rings is 1. The maximum atomic E-state index is 12.6. The monoisotopic (exact) mass is 318 g/mol. The molecule has 3 heterocycles. The first-order valence-electron chi connectivity index (χ1n) is 7.37. The van der Waals surface area contributed by atoms with E-state index in [1.54, 1.807) is 23.1 Å². The molecule has 4 rings (SSSR count). The molecule has 110 valence electrons. The van der Waals surface area contributed by atoms with Gasteiger partial charge in [0.15, 0.2) is 0 Å². The first-order valence-corrected chi connectivity index (χ1v) is 9.47. The van der Waals surface area contributed by atoms with Crippen LogP contribution in [0, 0.1) is 0 Å². The summed E-state index contributed by atoms with van der Waals surface area (Å²) in [6.07, 6.45) is 5.59. The van der Waals surface area contributed by atoms with E-state index in [-0.39, 0.29) is 5.91 Å². The topological polar surface area (TPSA) is 41.1 Å². The molecule has 3 atom stereocenters. The zero-order valence-electron chi connectivity index (χ0n) is 11.9. The van der Waals surface area contributed by atoms with E-state index >= 15 is 0 Å². The van der Waals surface area contributed by atoms with E-state index in [0.717, 1.165) is 12.0 Å². The van der Waals surface area contributed by atoms with Crippen molar-refractivity contribution in [3.63, 3.8) is 0 Å². The summed E-state index contributed by atoms with van der Waals surface area (Å²) in [7, 11) is 0. The summed E-state index contributed by atoms with van der Waals surface area (Å²) in [5.74, 6) is 0.0694. The average molecular weight is 318 g/mol. The molecule has 2 bridgehead atoms. The van der Waals surface area contributed by atoms with Crippen molar-refractivity contribution >= 4 is 39.1 Å². The molecule has 1 aromatic heterocycles. The Morgan fingerprint density at radius 2 is 2.33 bits per heavy atom. The lowest BCUT2D eigenvalue weighted by Crippen LogP contribution is -2.42. The quantitative estimate of drug-likeness (QED) is 0.854. The van der Waals surface area contributed by atoms with Crippen LogP contribution in [-0.2, 0) is 0 Å². The van der Waals surface area contributed by atoms with Gasteiger partial charge in [-0.05, 0) is 49.1 Å². The van der Waals surface area contributed by atoms with Crippen LogP contribution >= 0.6 is 23.1 Å². The standard InChI is InChI=1S/C16H18N2OS2/c1-20-14-6-9(7-15-11(14)4-5-21-15)16(19)18-13-8-10-2-3-12(13)17-10/h4-7,10,12-13,17H,2-3,8H2,1H3,(H,18,19)/t10-,12+,13-/m1/s1. The highest BCUT2D eigenvalue weighted by molar-refractivity contribution is 7.98. The maximum Gasteiger partial charge on any atom is 0.251 e. The number of thiophene rings is 1. The van der Waals surface area contributed by atoms with Crippen molar-refractivity contribution in [3.8, 4) is 0 Å². The molecule has 2 aliphatic rings. The van der Waals surface area contributed by atoms with Gasteiger partial charge in [-0.25, -0.2) is 0 Å². The number of hydrogen-bond acceptors (Lipinski definition) is 4. The van der Waals surface area contributed by atoms with Crippen LogP contribution in [0.1, 0.15) is 29.6 Å². The SMILES string of the molecule is CSc1cc(C(=O)N[C@@H]2C[C@H]3CC[C@@H]2N3)cc2sccc12. The summed E-state index contributed by atoms with van der Waals surface area (Å²) in [6, 6.07) is 7.57. The molecule has 5 heteroatoms. The summed E-state index contributed by atoms with van der Waals surface area (Å²) >= 11 is 3.40. The Hall–Kier alpha value is -1.04. The highest BCUT2D eigenvalue weighted by atomic mass is 32.2. The molecule has 2 aromatic rings. The van der Waals surface area contributed by atoms with Crippen molar-refractivity contribution in [1.29, 1.82) is 0 Å². The van der Waals surface area contributed by atoms with Crippen LogP contribution in [0.25, 0.3) is 10.1 Å². The lowest BCUT2D eigenvalue weighted by atomic mass is 9.95. The minimum Gasteiger partial charge on any atom is -0.348 e. The number of hydrogen-bond donors (Lipinski definition) is 2. The first-order chi connectivity index (χ1) is 10.2.